The van der Waals surface area contributed by atoms with Gasteiger partial charge in [-0.05, 0) is 49.3 Å². The van der Waals surface area contributed by atoms with E-state index in [0.717, 1.165) is 13.1 Å². The third kappa shape index (κ3) is 3.06. The molecule has 0 amide bonds. The molecule has 0 radical (unpaired) electrons. The van der Waals surface area contributed by atoms with Crippen LogP contribution in [0.1, 0.15) is 36.5 Å². The summed E-state index contributed by atoms with van der Waals surface area (Å²) >= 11 is 0. The summed E-state index contributed by atoms with van der Waals surface area (Å²) in [7, 11) is 0. The van der Waals surface area contributed by atoms with E-state index in [2.05, 4.69) is 23.5 Å². The molecule has 0 aromatic heterocycles. The highest BCUT2D eigenvalue weighted by Gasteiger charge is 2.09. The Bertz CT molecular complexity index is 345. The highest BCUT2D eigenvalue weighted by molar-refractivity contribution is 5.33. The summed E-state index contributed by atoms with van der Waals surface area (Å²) in [5.74, 6) is 0. The van der Waals surface area contributed by atoms with E-state index in [1.807, 2.05) is 6.92 Å². The van der Waals surface area contributed by atoms with Gasteiger partial charge in [0.05, 0.1) is 0 Å². The van der Waals surface area contributed by atoms with Crippen molar-refractivity contribution in [3.05, 3.63) is 34.9 Å². The maximum absolute atomic E-state index is 5.70. The number of fused-ring (bicyclic) bond motifs is 1. The molecule has 0 bridgehead atoms. The predicted octanol–water partition coefficient (Wildman–Crippen LogP) is 2.00. The Kier molecular flexibility index (Phi) is 3.97. The van der Waals surface area contributed by atoms with Crippen LogP contribution in [-0.4, -0.2) is 12.6 Å². The average molecular weight is 218 g/mol. The molecule has 1 atom stereocenters. The van der Waals surface area contributed by atoms with Gasteiger partial charge in [0.1, 0.15) is 0 Å². The first kappa shape index (κ1) is 11.6. The smallest absolute Gasteiger partial charge is 0.0206 e. The fraction of sp³-hybridized carbons (Fsp3) is 0.571. The Morgan fingerprint density at radius 2 is 2.00 bits per heavy atom. The van der Waals surface area contributed by atoms with Gasteiger partial charge >= 0.3 is 0 Å². The monoisotopic (exact) mass is 218 g/mol. The normalized spacial score (nSPS) is 16.9. The molecule has 0 saturated heterocycles. The van der Waals surface area contributed by atoms with Crippen molar-refractivity contribution in [2.24, 2.45) is 5.73 Å². The van der Waals surface area contributed by atoms with Crippen LogP contribution < -0.4 is 11.1 Å². The van der Waals surface area contributed by atoms with Crippen LogP contribution in [0.4, 0.5) is 0 Å². The summed E-state index contributed by atoms with van der Waals surface area (Å²) in [4.78, 5) is 0. The first-order chi connectivity index (χ1) is 7.75. The van der Waals surface area contributed by atoms with E-state index in [9.17, 15) is 0 Å². The number of aryl methyl sites for hydroxylation is 2. The fourth-order valence-corrected chi connectivity index (χ4v) is 2.34. The molecule has 1 aliphatic rings. The standard InChI is InChI=1S/C14H22N2/c1-11(15)9-16-10-12-6-7-13-4-2-3-5-14(13)8-12/h6-8,11,16H,2-5,9-10,15H2,1H3. The lowest BCUT2D eigenvalue weighted by Crippen LogP contribution is -2.30. The van der Waals surface area contributed by atoms with Gasteiger partial charge < -0.3 is 11.1 Å². The topological polar surface area (TPSA) is 38.0 Å². The molecule has 1 aromatic carbocycles. The lowest BCUT2D eigenvalue weighted by molar-refractivity contribution is 0.607. The molecule has 1 aliphatic carbocycles. The Morgan fingerprint density at radius 1 is 1.25 bits per heavy atom. The van der Waals surface area contributed by atoms with Crippen LogP contribution in [0.3, 0.4) is 0 Å². The fourth-order valence-electron chi connectivity index (χ4n) is 2.34. The van der Waals surface area contributed by atoms with E-state index in [4.69, 9.17) is 5.73 Å². The molecule has 0 aliphatic heterocycles. The maximum atomic E-state index is 5.70. The largest absolute Gasteiger partial charge is 0.327 e. The molecular weight excluding hydrogens is 196 g/mol. The first-order valence-corrected chi connectivity index (χ1v) is 6.32. The van der Waals surface area contributed by atoms with Crippen LogP contribution in [0.15, 0.2) is 18.2 Å². The van der Waals surface area contributed by atoms with Gasteiger partial charge in [-0.15, -0.1) is 0 Å². The minimum absolute atomic E-state index is 0.234. The van der Waals surface area contributed by atoms with Gasteiger partial charge in [-0.2, -0.15) is 0 Å². The van der Waals surface area contributed by atoms with Crippen molar-refractivity contribution < 1.29 is 0 Å². The molecule has 1 unspecified atom stereocenters. The second-order valence-corrected chi connectivity index (χ2v) is 4.92. The lowest BCUT2D eigenvalue weighted by atomic mass is 9.90. The molecule has 2 nitrogen and oxygen atoms in total. The number of hydrogen-bond donors (Lipinski definition) is 2. The molecule has 2 rings (SSSR count). The molecule has 0 fully saturated rings. The quantitative estimate of drug-likeness (QED) is 0.811. The van der Waals surface area contributed by atoms with Crippen LogP contribution in [0.5, 0.6) is 0 Å². The zero-order valence-corrected chi connectivity index (χ0v) is 10.1. The number of hydrogen-bond acceptors (Lipinski definition) is 2. The van der Waals surface area contributed by atoms with Crippen LogP contribution in [0.25, 0.3) is 0 Å². The second kappa shape index (κ2) is 5.46. The molecule has 16 heavy (non-hydrogen) atoms. The second-order valence-electron chi connectivity index (χ2n) is 4.92. The van der Waals surface area contributed by atoms with Gasteiger partial charge in [-0.1, -0.05) is 18.2 Å². The molecule has 3 N–H and O–H groups in total. The van der Waals surface area contributed by atoms with Crippen LogP contribution >= 0.6 is 0 Å². The summed E-state index contributed by atoms with van der Waals surface area (Å²) in [5, 5.41) is 3.38. The molecular formula is C14H22N2. The SMILES string of the molecule is CC(N)CNCc1ccc2c(c1)CCCC2. The highest BCUT2D eigenvalue weighted by Crippen LogP contribution is 2.22. The van der Waals surface area contributed by atoms with Gasteiger partial charge in [-0.25, -0.2) is 0 Å². The van der Waals surface area contributed by atoms with Gasteiger partial charge in [0.2, 0.25) is 0 Å². The Hall–Kier alpha value is -0.860. The minimum Gasteiger partial charge on any atom is -0.327 e. The molecule has 1 aromatic rings. The van der Waals surface area contributed by atoms with Crippen molar-refractivity contribution in [3.63, 3.8) is 0 Å². The molecule has 0 spiro atoms. The zero-order chi connectivity index (χ0) is 11.4. The number of nitrogens with two attached hydrogens (primary N) is 1. The van der Waals surface area contributed by atoms with E-state index >= 15 is 0 Å². The van der Waals surface area contributed by atoms with Crippen molar-refractivity contribution in [1.82, 2.24) is 5.32 Å². The van der Waals surface area contributed by atoms with Crippen molar-refractivity contribution in [2.45, 2.75) is 45.2 Å². The number of benzene rings is 1. The van der Waals surface area contributed by atoms with Crippen molar-refractivity contribution >= 4 is 0 Å². The number of rotatable bonds is 4. The van der Waals surface area contributed by atoms with Crippen LogP contribution in [0.2, 0.25) is 0 Å². The van der Waals surface area contributed by atoms with Gasteiger partial charge in [0, 0.05) is 19.1 Å². The Morgan fingerprint density at radius 3 is 2.75 bits per heavy atom. The zero-order valence-electron chi connectivity index (χ0n) is 10.1. The summed E-state index contributed by atoms with van der Waals surface area (Å²) in [5.41, 5.74) is 10.2. The van der Waals surface area contributed by atoms with Crippen molar-refractivity contribution in [1.29, 1.82) is 0 Å². The van der Waals surface area contributed by atoms with E-state index in [-0.39, 0.29) is 6.04 Å². The third-order valence-corrected chi connectivity index (χ3v) is 3.21. The summed E-state index contributed by atoms with van der Waals surface area (Å²) in [6.07, 6.45) is 5.23. The Balaban J connectivity index is 1.95. The van der Waals surface area contributed by atoms with Crippen molar-refractivity contribution in [3.8, 4) is 0 Å². The first-order valence-electron chi connectivity index (χ1n) is 6.32. The molecule has 2 heteroatoms. The van der Waals surface area contributed by atoms with E-state index in [1.54, 1.807) is 11.1 Å². The minimum atomic E-state index is 0.234. The van der Waals surface area contributed by atoms with Gasteiger partial charge in [-0.3, -0.25) is 0 Å². The summed E-state index contributed by atoms with van der Waals surface area (Å²) < 4.78 is 0. The van der Waals surface area contributed by atoms with E-state index in [0.29, 0.717) is 0 Å². The lowest BCUT2D eigenvalue weighted by Gasteiger charge is -2.17. The third-order valence-electron chi connectivity index (χ3n) is 3.21. The van der Waals surface area contributed by atoms with Crippen molar-refractivity contribution in [2.75, 3.05) is 6.54 Å². The molecule has 0 heterocycles. The maximum Gasteiger partial charge on any atom is 0.0206 e. The van der Waals surface area contributed by atoms with Crippen LogP contribution in [0, 0.1) is 0 Å². The van der Waals surface area contributed by atoms with Gasteiger partial charge in [0.25, 0.3) is 0 Å². The predicted molar refractivity (Wildman–Crippen MR) is 68.4 cm³/mol. The summed E-state index contributed by atoms with van der Waals surface area (Å²) in [6, 6.07) is 7.15. The van der Waals surface area contributed by atoms with Gasteiger partial charge in [0.15, 0.2) is 0 Å². The van der Waals surface area contributed by atoms with E-state index in [1.165, 1.54) is 31.2 Å². The molecule has 88 valence electrons. The molecule has 0 saturated carbocycles. The highest BCUT2D eigenvalue weighted by atomic mass is 14.9. The Labute approximate surface area is 98.2 Å². The van der Waals surface area contributed by atoms with E-state index < -0.39 is 0 Å². The van der Waals surface area contributed by atoms with Crippen LogP contribution in [-0.2, 0) is 19.4 Å². The summed E-state index contributed by atoms with van der Waals surface area (Å²) in [6.45, 7) is 3.85. The average Bonchev–Trinajstić information content (AvgIpc) is 2.28. The number of nitrogens with one attached hydrogen (secondary N) is 1.